The Balaban J connectivity index is 1.96. The maximum Gasteiger partial charge on any atom is 0.302 e. The number of nitrogens with zero attached hydrogens (tertiary/aromatic N) is 1. The van der Waals surface area contributed by atoms with Crippen LogP contribution in [0.5, 0.6) is 0 Å². The van der Waals surface area contributed by atoms with Gasteiger partial charge in [0.25, 0.3) is 0 Å². The van der Waals surface area contributed by atoms with Crippen LogP contribution in [0.15, 0.2) is 48.8 Å². The van der Waals surface area contributed by atoms with Gasteiger partial charge in [-0.15, -0.1) is 0 Å². The zero-order chi connectivity index (χ0) is 12.1. The average Bonchev–Trinajstić information content (AvgIpc) is 2.83. The first-order valence-corrected chi connectivity index (χ1v) is 5.61. The fourth-order valence-electron chi connectivity index (χ4n) is 1.65. The lowest BCUT2D eigenvalue weighted by molar-refractivity contribution is -0.140. The highest BCUT2D eigenvalue weighted by atomic mass is 16.5. The van der Waals surface area contributed by atoms with Gasteiger partial charge in [0.05, 0.1) is 6.61 Å². The maximum atomic E-state index is 10.6. The summed E-state index contributed by atoms with van der Waals surface area (Å²) in [4.78, 5) is 10.6. The van der Waals surface area contributed by atoms with Crippen molar-refractivity contribution in [3.63, 3.8) is 0 Å². The van der Waals surface area contributed by atoms with Crippen molar-refractivity contribution >= 4 is 5.97 Å². The first-order valence-electron chi connectivity index (χ1n) is 5.61. The van der Waals surface area contributed by atoms with Crippen LogP contribution in [0.3, 0.4) is 0 Å². The van der Waals surface area contributed by atoms with E-state index in [0.29, 0.717) is 6.61 Å². The van der Waals surface area contributed by atoms with E-state index in [1.165, 1.54) is 12.5 Å². The van der Waals surface area contributed by atoms with Crippen molar-refractivity contribution in [3.05, 3.63) is 54.4 Å². The van der Waals surface area contributed by atoms with Gasteiger partial charge in [0.1, 0.15) is 0 Å². The smallest absolute Gasteiger partial charge is 0.302 e. The minimum absolute atomic E-state index is 0.228. The highest BCUT2D eigenvalue weighted by Crippen LogP contribution is 2.10. The van der Waals surface area contributed by atoms with E-state index in [9.17, 15) is 4.79 Å². The molecule has 0 bridgehead atoms. The second-order valence-electron chi connectivity index (χ2n) is 3.85. The minimum atomic E-state index is -0.228. The van der Waals surface area contributed by atoms with Gasteiger partial charge in [-0.1, -0.05) is 12.1 Å². The summed E-state index contributed by atoms with van der Waals surface area (Å²) >= 11 is 0. The van der Waals surface area contributed by atoms with Gasteiger partial charge in [0.15, 0.2) is 0 Å². The minimum Gasteiger partial charge on any atom is -0.466 e. The molecule has 17 heavy (non-hydrogen) atoms. The summed E-state index contributed by atoms with van der Waals surface area (Å²) < 4.78 is 6.96. The van der Waals surface area contributed by atoms with Crippen LogP contribution < -0.4 is 0 Å². The fraction of sp³-hybridized carbons (Fsp3) is 0.214. The molecular formula is C14H15NO2. The van der Waals surface area contributed by atoms with E-state index in [-0.39, 0.29) is 5.97 Å². The van der Waals surface area contributed by atoms with Gasteiger partial charge < -0.3 is 9.30 Å². The molecule has 1 heterocycles. The number of benzene rings is 1. The monoisotopic (exact) mass is 229 g/mol. The summed E-state index contributed by atoms with van der Waals surface area (Å²) in [7, 11) is 0. The molecule has 2 rings (SSSR count). The highest BCUT2D eigenvalue weighted by Gasteiger charge is 1.98. The summed E-state index contributed by atoms with van der Waals surface area (Å²) in [6.45, 7) is 1.87. The van der Waals surface area contributed by atoms with Gasteiger partial charge in [0.2, 0.25) is 0 Å². The van der Waals surface area contributed by atoms with E-state index in [1.807, 2.05) is 24.5 Å². The van der Waals surface area contributed by atoms with E-state index < -0.39 is 0 Å². The van der Waals surface area contributed by atoms with Crippen LogP contribution in [0.1, 0.15) is 12.5 Å². The number of ether oxygens (including phenoxy) is 1. The van der Waals surface area contributed by atoms with Gasteiger partial charge in [-0.25, -0.2) is 0 Å². The van der Waals surface area contributed by atoms with Crippen molar-refractivity contribution < 1.29 is 9.53 Å². The molecule has 0 atom stereocenters. The summed E-state index contributed by atoms with van der Waals surface area (Å²) in [6, 6.07) is 12.2. The molecule has 0 N–H and O–H groups in total. The van der Waals surface area contributed by atoms with Gasteiger partial charge in [-0.2, -0.15) is 0 Å². The molecule has 0 saturated carbocycles. The molecule has 0 fully saturated rings. The second kappa shape index (κ2) is 5.34. The predicted octanol–water partition coefficient (Wildman–Crippen LogP) is 2.58. The Kier molecular flexibility index (Phi) is 3.60. The Hall–Kier alpha value is -2.03. The van der Waals surface area contributed by atoms with Crippen LogP contribution in [0, 0.1) is 0 Å². The number of carbonyl (C=O) groups excluding carboxylic acids is 1. The van der Waals surface area contributed by atoms with Gasteiger partial charge >= 0.3 is 5.97 Å². The predicted molar refractivity (Wildman–Crippen MR) is 66.1 cm³/mol. The number of rotatable bonds is 4. The average molecular weight is 229 g/mol. The zero-order valence-electron chi connectivity index (χ0n) is 9.80. The van der Waals surface area contributed by atoms with E-state index in [2.05, 4.69) is 28.8 Å². The second-order valence-corrected chi connectivity index (χ2v) is 3.85. The van der Waals surface area contributed by atoms with E-state index >= 15 is 0 Å². The topological polar surface area (TPSA) is 31.2 Å². The largest absolute Gasteiger partial charge is 0.466 e. The number of hydrogen-bond acceptors (Lipinski definition) is 2. The molecule has 1 aromatic heterocycles. The molecule has 0 aliphatic rings. The van der Waals surface area contributed by atoms with E-state index in [1.54, 1.807) is 0 Å². The number of hydrogen-bond donors (Lipinski definition) is 0. The summed E-state index contributed by atoms with van der Waals surface area (Å²) in [5.74, 6) is -0.228. The third-order valence-electron chi connectivity index (χ3n) is 2.53. The van der Waals surface area contributed by atoms with Crippen molar-refractivity contribution in [2.75, 3.05) is 6.61 Å². The van der Waals surface area contributed by atoms with Crippen LogP contribution in [0.2, 0.25) is 0 Å². The Morgan fingerprint density at radius 2 is 1.82 bits per heavy atom. The molecule has 0 aliphatic heterocycles. The molecule has 0 amide bonds. The number of carbonyl (C=O) groups is 1. The Labute approximate surface area is 101 Å². The quantitative estimate of drug-likeness (QED) is 0.754. The van der Waals surface area contributed by atoms with E-state index in [4.69, 9.17) is 4.74 Å². The molecule has 1 aromatic carbocycles. The Morgan fingerprint density at radius 1 is 1.18 bits per heavy atom. The molecule has 0 spiro atoms. The molecule has 88 valence electrons. The van der Waals surface area contributed by atoms with Crippen LogP contribution >= 0.6 is 0 Å². The van der Waals surface area contributed by atoms with Gasteiger partial charge in [0, 0.05) is 31.4 Å². The lowest BCUT2D eigenvalue weighted by Gasteiger charge is -2.05. The van der Waals surface area contributed by atoms with E-state index in [0.717, 1.165) is 12.1 Å². The third kappa shape index (κ3) is 3.21. The molecule has 0 unspecified atom stereocenters. The van der Waals surface area contributed by atoms with Crippen LogP contribution in [-0.4, -0.2) is 17.1 Å². The summed E-state index contributed by atoms with van der Waals surface area (Å²) in [6.07, 6.45) is 4.77. The molecule has 0 aliphatic carbocycles. The van der Waals surface area contributed by atoms with Crippen molar-refractivity contribution in [2.45, 2.75) is 13.3 Å². The SMILES string of the molecule is CC(=O)OCCc1ccc(-n2cccc2)cc1. The van der Waals surface area contributed by atoms with Gasteiger partial charge in [-0.3, -0.25) is 4.79 Å². The molecule has 0 saturated heterocycles. The maximum absolute atomic E-state index is 10.6. The molecular weight excluding hydrogens is 214 g/mol. The third-order valence-corrected chi connectivity index (χ3v) is 2.53. The first kappa shape index (κ1) is 11.5. The highest BCUT2D eigenvalue weighted by molar-refractivity contribution is 5.65. The van der Waals surface area contributed by atoms with Crippen molar-refractivity contribution in [1.82, 2.24) is 4.57 Å². The Morgan fingerprint density at radius 3 is 2.41 bits per heavy atom. The van der Waals surface area contributed by atoms with Gasteiger partial charge in [-0.05, 0) is 29.8 Å². The van der Waals surface area contributed by atoms with Crippen LogP contribution in [0.25, 0.3) is 5.69 Å². The summed E-state index contributed by atoms with van der Waals surface area (Å²) in [5.41, 5.74) is 2.30. The normalized spacial score (nSPS) is 10.2. The molecule has 3 nitrogen and oxygen atoms in total. The fourth-order valence-corrected chi connectivity index (χ4v) is 1.65. The molecule has 0 radical (unpaired) electrons. The summed E-state index contributed by atoms with van der Waals surface area (Å²) in [5, 5.41) is 0. The Bertz CT molecular complexity index is 471. The van der Waals surface area contributed by atoms with Crippen LogP contribution in [0.4, 0.5) is 0 Å². The van der Waals surface area contributed by atoms with Crippen molar-refractivity contribution in [3.8, 4) is 5.69 Å². The zero-order valence-corrected chi connectivity index (χ0v) is 9.80. The van der Waals surface area contributed by atoms with Crippen molar-refractivity contribution in [1.29, 1.82) is 0 Å². The lowest BCUT2D eigenvalue weighted by atomic mass is 10.1. The standard InChI is InChI=1S/C14H15NO2/c1-12(16)17-11-8-13-4-6-14(7-5-13)15-9-2-3-10-15/h2-7,9-10H,8,11H2,1H3. The van der Waals surface area contributed by atoms with Crippen LogP contribution in [-0.2, 0) is 16.0 Å². The molecule has 3 heteroatoms. The first-order chi connectivity index (χ1) is 8.25. The van der Waals surface area contributed by atoms with Crippen molar-refractivity contribution in [2.24, 2.45) is 0 Å². The lowest BCUT2D eigenvalue weighted by Crippen LogP contribution is -2.03. The number of aromatic nitrogens is 1. The number of esters is 1. The molecule has 2 aromatic rings.